The molecule has 0 saturated carbocycles. The molecule has 0 fully saturated rings. The van der Waals surface area contributed by atoms with Crippen LogP contribution in [0, 0.1) is 6.92 Å². The summed E-state index contributed by atoms with van der Waals surface area (Å²) < 4.78 is 36.4. The molecule has 1 atom stereocenters. The highest BCUT2D eigenvalue weighted by molar-refractivity contribution is 7.89. The number of methoxy groups -OCH3 is 2. The third-order valence-electron chi connectivity index (χ3n) is 2.55. The minimum atomic E-state index is -4.01. The second-order valence-electron chi connectivity index (χ2n) is 4.00. The van der Waals surface area contributed by atoms with Gasteiger partial charge in [0.05, 0.1) is 18.4 Å². The SMILES string of the molecule is COCC(CNS(=O)(=O)c1c(C(=O)O)n[nH]c1C)OC. The largest absolute Gasteiger partial charge is 0.476 e. The maximum atomic E-state index is 12.1. The first-order chi connectivity index (χ1) is 9.33. The summed E-state index contributed by atoms with van der Waals surface area (Å²) in [5.74, 6) is -1.42. The van der Waals surface area contributed by atoms with E-state index in [1.165, 1.54) is 21.1 Å². The van der Waals surface area contributed by atoms with Gasteiger partial charge in [0, 0.05) is 20.8 Å². The van der Waals surface area contributed by atoms with E-state index in [9.17, 15) is 13.2 Å². The van der Waals surface area contributed by atoms with Crippen molar-refractivity contribution in [2.75, 3.05) is 27.4 Å². The molecule has 20 heavy (non-hydrogen) atoms. The molecule has 0 bridgehead atoms. The molecule has 0 radical (unpaired) electrons. The highest BCUT2D eigenvalue weighted by Gasteiger charge is 2.28. The zero-order chi connectivity index (χ0) is 15.3. The molecule has 1 rings (SSSR count). The van der Waals surface area contributed by atoms with E-state index in [0.717, 1.165) is 0 Å². The molecule has 1 aromatic rings. The number of hydrogen-bond acceptors (Lipinski definition) is 6. The van der Waals surface area contributed by atoms with Crippen LogP contribution in [0.4, 0.5) is 0 Å². The molecular formula is C10H17N3O6S. The molecule has 1 heterocycles. The Morgan fingerprint density at radius 3 is 2.65 bits per heavy atom. The number of rotatable bonds is 8. The quantitative estimate of drug-likeness (QED) is 0.582. The average molecular weight is 307 g/mol. The number of hydrogen-bond donors (Lipinski definition) is 3. The van der Waals surface area contributed by atoms with E-state index in [-0.39, 0.29) is 23.7 Å². The van der Waals surface area contributed by atoms with Crippen molar-refractivity contribution in [2.45, 2.75) is 17.9 Å². The Kier molecular flexibility index (Phi) is 5.62. The van der Waals surface area contributed by atoms with Crippen molar-refractivity contribution in [2.24, 2.45) is 0 Å². The molecule has 3 N–H and O–H groups in total. The smallest absolute Gasteiger partial charge is 0.357 e. The van der Waals surface area contributed by atoms with Gasteiger partial charge in [0.1, 0.15) is 4.90 Å². The van der Waals surface area contributed by atoms with Gasteiger partial charge in [-0.05, 0) is 6.92 Å². The van der Waals surface area contributed by atoms with Gasteiger partial charge < -0.3 is 14.6 Å². The van der Waals surface area contributed by atoms with Crippen LogP contribution in [0.15, 0.2) is 4.90 Å². The van der Waals surface area contributed by atoms with Gasteiger partial charge >= 0.3 is 5.97 Å². The lowest BCUT2D eigenvalue weighted by molar-refractivity contribution is 0.0320. The standard InChI is InChI=1S/C10H17N3O6S/c1-6-9(8(10(14)15)13-12-6)20(16,17)11-4-7(19-3)5-18-2/h7,11H,4-5H2,1-3H3,(H,12,13)(H,14,15). The van der Waals surface area contributed by atoms with Crippen molar-refractivity contribution in [1.29, 1.82) is 0 Å². The number of carboxylic acid groups (broad SMARTS) is 1. The number of sulfonamides is 1. The topological polar surface area (TPSA) is 131 Å². The predicted molar refractivity (Wildman–Crippen MR) is 68.1 cm³/mol. The van der Waals surface area contributed by atoms with Gasteiger partial charge in [-0.3, -0.25) is 5.10 Å². The van der Waals surface area contributed by atoms with Crippen molar-refractivity contribution in [1.82, 2.24) is 14.9 Å². The molecule has 0 saturated heterocycles. The van der Waals surface area contributed by atoms with Crippen molar-refractivity contribution < 1.29 is 27.8 Å². The van der Waals surface area contributed by atoms with Crippen LogP contribution in [0.3, 0.4) is 0 Å². The zero-order valence-electron chi connectivity index (χ0n) is 11.3. The molecule has 0 aromatic carbocycles. The van der Waals surface area contributed by atoms with E-state index in [4.69, 9.17) is 14.6 Å². The first-order valence-electron chi connectivity index (χ1n) is 5.63. The Hall–Kier alpha value is -1.49. The number of nitrogens with one attached hydrogen (secondary N) is 2. The lowest BCUT2D eigenvalue weighted by atomic mass is 10.4. The van der Waals surface area contributed by atoms with Crippen LogP contribution in [-0.4, -0.2) is 63.2 Å². The molecule has 1 unspecified atom stereocenters. The molecule has 114 valence electrons. The maximum absolute atomic E-state index is 12.1. The summed E-state index contributed by atoms with van der Waals surface area (Å²) in [7, 11) is -1.12. The first kappa shape index (κ1) is 16.6. The molecule has 0 aliphatic carbocycles. The van der Waals surface area contributed by atoms with Gasteiger partial charge in [-0.25, -0.2) is 17.9 Å². The van der Waals surface area contributed by atoms with E-state index in [0.29, 0.717) is 0 Å². The normalized spacial score (nSPS) is 13.3. The molecule has 0 aliphatic rings. The third-order valence-corrected chi connectivity index (χ3v) is 4.13. The number of aromatic nitrogens is 2. The fourth-order valence-electron chi connectivity index (χ4n) is 1.56. The Balaban J connectivity index is 2.94. The number of aryl methyl sites for hydroxylation is 1. The number of carboxylic acids is 1. The van der Waals surface area contributed by atoms with E-state index in [1.807, 2.05) is 0 Å². The summed E-state index contributed by atoms with van der Waals surface area (Å²) in [5.41, 5.74) is -0.397. The predicted octanol–water partition coefficient (Wildman–Crippen LogP) is -0.644. The van der Waals surface area contributed by atoms with Crippen molar-refractivity contribution >= 4 is 16.0 Å². The number of aromatic amines is 1. The molecule has 0 amide bonds. The number of H-pyrrole nitrogens is 1. The third kappa shape index (κ3) is 3.76. The number of aromatic carboxylic acids is 1. The highest BCUT2D eigenvalue weighted by Crippen LogP contribution is 2.17. The second-order valence-corrected chi connectivity index (χ2v) is 5.70. The van der Waals surface area contributed by atoms with Crippen LogP contribution in [0.1, 0.15) is 16.2 Å². The fourth-order valence-corrected chi connectivity index (χ4v) is 2.95. The summed E-state index contributed by atoms with van der Waals surface area (Å²) in [6.45, 7) is 1.59. The van der Waals surface area contributed by atoms with Gasteiger partial charge in [-0.1, -0.05) is 0 Å². The average Bonchev–Trinajstić information content (AvgIpc) is 2.77. The van der Waals surface area contributed by atoms with Crippen LogP contribution in [0.2, 0.25) is 0 Å². The fraction of sp³-hybridized carbons (Fsp3) is 0.600. The zero-order valence-corrected chi connectivity index (χ0v) is 12.2. The van der Waals surface area contributed by atoms with Crippen molar-refractivity contribution in [3.05, 3.63) is 11.4 Å². The lowest BCUT2D eigenvalue weighted by Crippen LogP contribution is -2.36. The Bertz CT molecular complexity index is 568. The van der Waals surface area contributed by atoms with Crippen LogP contribution in [-0.2, 0) is 19.5 Å². The van der Waals surface area contributed by atoms with Gasteiger partial charge in [0.2, 0.25) is 10.0 Å². The van der Waals surface area contributed by atoms with Gasteiger partial charge in [0.15, 0.2) is 5.69 Å². The monoisotopic (exact) mass is 307 g/mol. The molecule has 0 aliphatic heterocycles. The Labute approximate surface area is 116 Å². The molecule has 9 nitrogen and oxygen atoms in total. The summed E-state index contributed by atoms with van der Waals surface area (Å²) >= 11 is 0. The van der Waals surface area contributed by atoms with Crippen LogP contribution >= 0.6 is 0 Å². The van der Waals surface area contributed by atoms with Crippen molar-refractivity contribution in [3.8, 4) is 0 Å². The number of nitrogens with zero attached hydrogens (tertiary/aromatic N) is 1. The molecule has 1 aromatic heterocycles. The number of carbonyl (C=O) groups is 1. The van der Waals surface area contributed by atoms with Crippen LogP contribution < -0.4 is 4.72 Å². The second kappa shape index (κ2) is 6.79. The maximum Gasteiger partial charge on any atom is 0.357 e. The minimum Gasteiger partial charge on any atom is -0.476 e. The first-order valence-corrected chi connectivity index (χ1v) is 7.11. The highest BCUT2D eigenvalue weighted by atomic mass is 32.2. The van der Waals surface area contributed by atoms with Gasteiger partial charge in [-0.15, -0.1) is 0 Å². The van der Waals surface area contributed by atoms with Gasteiger partial charge in [0.25, 0.3) is 0 Å². The summed E-state index contributed by atoms with van der Waals surface area (Å²) in [4.78, 5) is 10.6. The summed E-state index contributed by atoms with van der Waals surface area (Å²) in [6, 6.07) is 0. The Morgan fingerprint density at radius 2 is 2.15 bits per heavy atom. The van der Waals surface area contributed by atoms with E-state index < -0.39 is 27.8 Å². The summed E-state index contributed by atoms with van der Waals surface area (Å²) in [6.07, 6.45) is -0.477. The van der Waals surface area contributed by atoms with Gasteiger partial charge in [-0.2, -0.15) is 5.10 Å². The van der Waals surface area contributed by atoms with E-state index >= 15 is 0 Å². The van der Waals surface area contributed by atoms with Crippen molar-refractivity contribution in [3.63, 3.8) is 0 Å². The van der Waals surface area contributed by atoms with E-state index in [2.05, 4.69) is 14.9 Å². The van der Waals surface area contributed by atoms with Crippen LogP contribution in [0.25, 0.3) is 0 Å². The Morgan fingerprint density at radius 1 is 1.50 bits per heavy atom. The number of ether oxygens (including phenoxy) is 2. The summed E-state index contributed by atoms with van der Waals surface area (Å²) in [5, 5.41) is 14.7. The van der Waals surface area contributed by atoms with E-state index in [1.54, 1.807) is 0 Å². The minimum absolute atomic E-state index is 0.0453. The lowest BCUT2D eigenvalue weighted by Gasteiger charge is -2.15. The molecular weight excluding hydrogens is 290 g/mol. The molecule has 10 heteroatoms. The van der Waals surface area contributed by atoms with Crippen LogP contribution in [0.5, 0.6) is 0 Å². The molecule has 0 spiro atoms.